The Bertz CT molecular complexity index is 320. The highest BCUT2D eigenvalue weighted by molar-refractivity contribution is 5.07. The van der Waals surface area contributed by atoms with Gasteiger partial charge in [0.1, 0.15) is 11.5 Å². The van der Waals surface area contributed by atoms with E-state index in [1.807, 2.05) is 0 Å². The molecule has 1 unspecified atom stereocenters. The molecule has 0 aliphatic carbocycles. The van der Waals surface area contributed by atoms with Crippen LogP contribution in [0.4, 0.5) is 0 Å². The molecular formula is C14H26N2O. The molecule has 0 aromatic carbocycles. The minimum absolute atomic E-state index is 0.567. The van der Waals surface area contributed by atoms with E-state index in [1.165, 1.54) is 0 Å². The average Bonchev–Trinajstić information content (AvgIpc) is 2.72. The van der Waals surface area contributed by atoms with E-state index < -0.39 is 0 Å². The summed E-state index contributed by atoms with van der Waals surface area (Å²) in [6, 6.07) is 4.71. The molecule has 0 fully saturated rings. The molecule has 0 saturated heterocycles. The maximum Gasteiger partial charge on any atom is 0.118 e. The molecule has 0 amide bonds. The van der Waals surface area contributed by atoms with Crippen molar-refractivity contribution < 1.29 is 4.42 Å². The van der Waals surface area contributed by atoms with Gasteiger partial charge in [-0.3, -0.25) is 4.90 Å². The maximum absolute atomic E-state index is 5.78. The van der Waals surface area contributed by atoms with Crippen LogP contribution in [0.2, 0.25) is 0 Å². The fourth-order valence-corrected chi connectivity index (χ4v) is 1.75. The van der Waals surface area contributed by atoms with Gasteiger partial charge < -0.3 is 9.73 Å². The molecule has 1 heterocycles. The third kappa shape index (κ3) is 4.52. The van der Waals surface area contributed by atoms with Gasteiger partial charge in [0.25, 0.3) is 0 Å². The van der Waals surface area contributed by atoms with E-state index in [9.17, 15) is 0 Å². The van der Waals surface area contributed by atoms with Crippen LogP contribution in [0.15, 0.2) is 16.5 Å². The first-order chi connectivity index (χ1) is 8.04. The van der Waals surface area contributed by atoms with Crippen molar-refractivity contribution in [3.05, 3.63) is 23.7 Å². The van der Waals surface area contributed by atoms with E-state index in [1.54, 1.807) is 0 Å². The van der Waals surface area contributed by atoms with Gasteiger partial charge in [0.2, 0.25) is 0 Å². The van der Waals surface area contributed by atoms with E-state index in [-0.39, 0.29) is 0 Å². The Morgan fingerprint density at radius 1 is 1.24 bits per heavy atom. The van der Waals surface area contributed by atoms with Crippen molar-refractivity contribution in [1.29, 1.82) is 0 Å². The zero-order chi connectivity index (χ0) is 12.8. The van der Waals surface area contributed by atoms with Crippen LogP contribution in [0.5, 0.6) is 0 Å². The summed E-state index contributed by atoms with van der Waals surface area (Å²) in [5, 5.41) is 3.26. The summed E-state index contributed by atoms with van der Waals surface area (Å²) in [4.78, 5) is 2.33. The molecule has 1 aromatic rings. The number of rotatable bonds is 7. The summed E-state index contributed by atoms with van der Waals surface area (Å²) < 4.78 is 5.78. The number of nitrogens with one attached hydrogen (secondary N) is 1. The van der Waals surface area contributed by atoms with E-state index in [0.29, 0.717) is 12.0 Å². The van der Waals surface area contributed by atoms with Crippen molar-refractivity contribution >= 4 is 0 Å². The Labute approximate surface area is 105 Å². The Kier molecular flexibility index (Phi) is 5.72. The molecule has 0 saturated carbocycles. The molecule has 0 spiro atoms. The van der Waals surface area contributed by atoms with E-state index in [0.717, 1.165) is 31.2 Å². The third-order valence-corrected chi connectivity index (χ3v) is 3.33. The van der Waals surface area contributed by atoms with Crippen LogP contribution in [0.3, 0.4) is 0 Å². The lowest BCUT2D eigenvalue weighted by Gasteiger charge is -2.26. The molecule has 1 N–H and O–H groups in total. The number of nitrogens with zero attached hydrogens (tertiary/aromatic N) is 1. The van der Waals surface area contributed by atoms with Gasteiger partial charge in [-0.15, -0.1) is 0 Å². The van der Waals surface area contributed by atoms with E-state index >= 15 is 0 Å². The Morgan fingerprint density at radius 3 is 2.47 bits per heavy atom. The monoisotopic (exact) mass is 238 g/mol. The average molecular weight is 238 g/mol. The maximum atomic E-state index is 5.78. The molecule has 1 atom stereocenters. The van der Waals surface area contributed by atoms with Crippen LogP contribution in [-0.4, -0.2) is 24.5 Å². The highest BCUT2D eigenvalue weighted by Crippen LogP contribution is 2.14. The van der Waals surface area contributed by atoms with Crippen molar-refractivity contribution in [2.45, 2.75) is 46.8 Å². The zero-order valence-corrected chi connectivity index (χ0v) is 11.8. The highest BCUT2D eigenvalue weighted by atomic mass is 16.3. The fourth-order valence-electron chi connectivity index (χ4n) is 1.75. The summed E-state index contributed by atoms with van der Waals surface area (Å²) in [7, 11) is 2.15. The molecule has 1 aromatic heterocycles. The Morgan fingerprint density at radius 2 is 1.88 bits per heavy atom. The molecule has 0 radical (unpaired) electrons. The van der Waals surface area contributed by atoms with Gasteiger partial charge in [-0.1, -0.05) is 20.8 Å². The highest BCUT2D eigenvalue weighted by Gasteiger charge is 2.14. The first kappa shape index (κ1) is 14.3. The predicted octanol–water partition coefficient (Wildman–Crippen LogP) is 2.87. The van der Waals surface area contributed by atoms with Gasteiger partial charge in [0.05, 0.1) is 13.1 Å². The van der Waals surface area contributed by atoms with Gasteiger partial charge in [-0.2, -0.15) is 0 Å². The van der Waals surface area contributed by atoms with Gasteiger partial charge >= 0.3 is 0 Å². The first-order valence-corrected chi connectivity index (χ1v) is 6.53. The largest absolute Gasteiger partial charge is 0.463 e. The van der Waals surface area contributed by atoms with Crippen molar-refractivity contribution in [2.24, 2.45) is 5.92 Å². The summed E-state index contributed by atoms with van der Waals surface area (Å²) in [6.45, 7) is 11.5. The van der Waals surface area contributed by atoms with Crippen molar-refractivity contribution in [2.75, 3.05) is 13.6 Å². The van der Waals surface area contributed by atoms with Gasteiger partial charge in [0, 0.05) is 6.04 Å². The van der Waals surface area contributed by atoms with Crippen molar-refractivity contribution in [1.82, 2.24) is 10.2 Å². The van der Waals surface area contributed by atoms with Crippen molar-refractivity contribution in [3.63, 3.8) is 0 Å². The summed E-state index contributed by atoms with van der Waals surface area (Å²) in [5.74, 6) is 2.73. The minimum atomic E-state index is 0.567. The van der Waals surface area contributed by atoms with E-state index in [2.05, 4.69) is 57.1 Å². The van der Waals surface area contributed by atoms with Gasteiger partial charge in [-0.05, 0) is 38.6 Å². The molecular weight excluding hydrogens is 212 g/mol. The molecule has 0 aliphatic heterocycles. The quantitative estimate of drug-likeness (QED) is 0.792. The van der Waals surface area contributed by atoms with Gasteiger partial charge in [-0.25, -0.2) is 0 Å². The second-order valence-corrected chi connectivity index (χ2v) is 5.05. The fraction of sp³-hybridized carbons (Fsp3) is 0.714. The van der Waals surface area contributed by atoms with Crippen LogP contribution in [-0.2, 0) is 13.1 Å². The second-order valence-electron chi connectivity index (χ2n) is 5.05. The van der Waals surface area contributed by atoms with Crippen molar-refractivity contribution in [3.8, 4) is 0 Å². The smallest absolute Gasteiger partial charge is 0.118 e. The third-order valence-electron chi connectivity index (χ3n) is 3.33. The van der Waals surface area contributed by atoms with Crippen LogP contribution >= 0.6 is 0 Å². The second kappa shape index (κ2) is 6.82. The summed E-state index contributed by atoms with van der Waals surface area (Å²) >= 11 is 0. The summed E-state index contributed by atoms with van der Waals surface area (Å²) in [6.07, 6.45) is 0. The molecule has 3 nitrogen and oxygen atoms in total. The standard InChI is InChI=1S/C14H26N2O/c1-6-15-9-13-7-8-14(17-13)10-16(5)12(4)11(2)3/h7-8,11-12,15H,6,9-10H2,1-5H3. The molecule has 0 bridgehead atoms. The normalized spacial score (nSPS) is 13.6. The lowest BCUT2D eigenvalue weighted by molar-refractivity contribution is 0.185. The molecule has 17 heavy (non-hydrogen) atoms. The number of hydrogen-bond donors (Lipinski definition) is 1. The number of hydrogen-bond acceptors (Lipinski definition) is 3. The van der Waals surface area contributed by atoms with Crippen LogP contribution in [0.25, 0.3) is 0 Å². The van der Waals surface area contributed by atoms with Gasteiger partial charge in [0.15, 0.2) is 0 Å². The zero-order valence-electron chi connectivity index (χ0n) is 11.8. The SMILES string of the molecule is CCNCc1ccc(CN(C)C(C)C(C)C)o1. The molecule has 98 valence electrons. The lowest BCUT2D eigenvalue weighted by atomic mass is 10.1. The summed E-state index contributed by atoms with van der Waals surface area (Å²) in [5.41, 5.74) is 0. The van der Waals surface area contributed by atoms with Crippen LogP contribution in [0, 0.1) is 5.92 Å². The number of furan rings is 1. The lowest BCUT2D eigenvalue weighted by Crippen LogP contribution is -2.32. The van der Waals surface area contributed by atoms with Crippen LogP contribution in [0.1, 0.15) is 39.2 Å². The predicted molar refractivity (Wildman–Crippen MR) is 71.9 cm³/mol. The molecule has 3 heteroatoms. The van der Waals surface area contributed by atoms with Crippen LogP contribution < -0.4 is 5.32 Å². The van der Waals surface area contributed by atoms with E-state index in [4.69, 9.17) is 4.42 Å². The molecule has 1 rings (SSSR count). The topological polar surface area (TPSA) is 28.4 Å². The molecule has 0 aliphatic rings. The first-order valence-electron chi connectivity index (χ1n) is 6.53. The Hall–Kier alpha value is -0.800. The minimum Gasteiger partial charge on any atom is -0.463 e. The Balaban J connectivity index is 2.48.